The van der Waals surface area contributed by atoms with Crippen LogP contribution in [-0.4, -0.2) is 29.1 Å². The van der Waals surface area contributed by atoms with Crippen molar-refractivity contribution in [2.45, 2.75) is 62.9 Å². The van der Waals surface area contributed by atoms with Crippen LogP contribution in [0.1, 0.15) is 54.4 Å². The minimum atomic E-state index is -0.633. The third-order valence-electron chi connectivity index (χ3n) is 5.58. The van der Waals surface area contributed by atoms with Gasteiger partial charge in [0, 0.05) is 24.8 Å². The first-order chi connectivity index (χ1) is 12.5. The summed E-state index contributed by atoms with van der Waals surface area (Å²) in [5.74, 6) is -0.528. The van der Waals surface area contributed by atoms with Gasteiger partial charge in [-0.2, -0.15) is 0 Å². The largest absolute Gasteiger partial charge is 0.346 e. The number of hydrogen-bond donors (Lipinski definition) is 0. The molecule has 0 aromatic heterocycles. The van der Waals surface area contributed by atoms with Crippen molar-refractivity contribution in [1.82, 2.24) is 0 Å². The second kappa shape index (κ2) is 6.60. The summed E-state index contributed by atoms with van der Waals surface area (Å²) in [5, 5.41) is 0. The van der Waals surface area contributed by atoms with E-state index >= 15 is 0 Å². The maximum absolute atomic E-state index is 12.6. The molecular weight excluding hydrogens is 328 g/mol. The average molecular weight is 352 g/mol. The molecule has 0 radical (unpaired) electrons. The van der Waals surface area contributed by atoms with Crippen LogP contribution >= 0.6 is 0 Å². The number of benzene rings is 1. The van der Waals surface area contributed by atoms with Crippen molar-refractivity contribution >= 4 is 11.6 Å². The van der Waals surface area contributed by atoms with Gasteiger partial charge in [-0.05, 0) is 50.5 Å². The highest BCUT2D eigenvalue weighted by Crippen LogP contribution is 2.47. The Labute approximate surface area is 153 Å². The molecule has 2 saturated heterocycles. The minimum absolute atomic E-state index is 0.00805. The fourth-order valence-electron chi connectivity index (χ4n) is 4.11. The molecule has 136 valence electrons. The van der Waals surface area contributed by atoms with Gasteiger partial charge in [-0.25, -0.2) is 0 Å². The van der Waals surface area contributed by atoms with Crippen LogP contribution in [0.5, 0.6) is 0 Å². The van der Waals surface area contributed by atoms with Gasteiger partial charge in [-0.15, -0.1) is 0 Å². The van der Waals surface area contributed by atoms with Crippen molar-refractivity contribution in [2.75, 3.05) is 0 Å². The Kier molecular flexibility index (Phi) is 4.41. The fraction of sp³-hybridized carbons (Fsp3) is 0.455. The van der Waals surface area contributed by atoms with Crippen LogP contribution in [0.25, 0.3) is 0 Å². The highest BCUT2D eigenvalue weighted by atomic mass is 16.7. The lowest BCUT2D eigenvalue weighted by Gasteiger charge is -2.39. The van der Waals surface area contributed by atoms with Gasteiger partial charge in [0.25, 0.3) is 0 Å². The summed E-state index contributed by atoms with van der Waals surface area (Å²) in [7, 11) is 0. The molecule has 4 heteroatoms. The first kappa shape index (κ1) is 17.4. The predicted octanol–water partition coefficient (Wildman–Crippen LogP) is 4.08. The van der Waals surface area contributed by atoms with E-state index in [0.717, 1.165) is 43.2 Å². The van der Waals surface area contributed by atoms with Gasteiger partial charge in [0.2, 0.25) is 0 Å². The zero-order valence-electron chi connectivity index (χ0n) is 15.1. The molecule has 26 heavy (non-hydrogen) atoms. The molecule has 0 bridgehead atoms. The molecule has 1 unspecified atom stereocenters. The maximum atomic E-state index is 12.6. The Bertz CT molecular complexity index is 758. The van der Waals surface area contributed by atoms with Crippen LogP contribution in [0.3, 0.4) is 0 Å². The average Bonchev–Trinajstić information content (AvgIpc) is 2.96. The topological polar surface area (TPSA) is 52.6 Å². The minimum Gasteiger partial charge on any atom is -0.346 e. The van der Waals surface area contributed by atoms with Crippen LogP contribution in [-0.2, 0) is 14.3 Å². The highest BCUT2D eigenvalue weighted by Gasteiger charge is 2.50. The molecule has 1 aromatic carbocycles. The van der Waals surface area contributed by atoms with Crippen LogP contribution < -0.4 is 0 Å². The molecule has 4 nitrogen and oxygen atoms in total. The summed E-state index contributed by atoms with van der Waals surface area (Å²) >= 11 is 0. The SMILES string of the molecule is Cc1ccc(C(=O)CC2CCC[C@@]3(CCC4(C=CC(=O)C=C4)O3)O2)cc1. The lowest BCUT2D eigenvalue weighted by molar-refractivity contribution is -0.274. The molecule has 4 rings (SSSR count). The standard InChI is InChI=1S/C22H24O4/c1-16-4-6-17(7-5-16)20(24)15-19-3-2-10-22(25-19)14-13-21(26-22)11-8-18(23)9-12-21/h4-9,11-12,19H,2-3,10,13-15H2,1H3/t19?,22-/m1/s1. The number of carbonyl (C=O) groups excluding carboxylic acids is 2. The van der Waals surface area contributed by atoms with E-state index in [1.54, 1.807) is 12.2 Å². The lowest BCUT2D eigenvalue weighted by atomic mass is 9.92. The number of Topliss-reactive ketones (excluding diaryl/α,β-unsaturated/α-hetero) is 1. The Hall–Kier alpha value is -2.04. The third kappa shape index (κ3) is 3.44. The van der Waals surface area contributed by atoms with E-state index in [2.05, 4.69) is 0 Å². The van der Waals surface area contributed by atoms with Crippen LogP contribution in [0.15, 0.2) is 48.6 Å². The summed E-state index contributed by atoms with van der Waals surface area (Å²) in [4.78, 5) is 24.0. The number of ether oxygens (including phenoxy) is 2. The molecule has 0 amide bonds. The molecule has 0 N–H and O–H groups in total. The van der Waals surface area contributed by atoms with Crippen molar-refractivity contribution in [3.8, 4) is 0 Å². The number of rotatable bonds is 3. The molecule has 2 heterocycles. The second-order valence-corrected chi connectivity index (χ2v) is 7.66. The van der Waals surface area contributed by atoms with Gasteiger partial charge in [0.15, 0.2) is 17.4 Å². The molecule has 0 saturated carbocycles. The van der Waals surface area contributed by atoms with E-state index in [1.165, 1.54) is 0 Å². The summed E-state index contributed by atoms with van der Waals surface area (Å²) in [6.07, 6.45) is 11.4. The Morgan fingerprint density at radius 3 is 2.58 bits per heavy atom. The number of ketones is 2. The monoisotopic (exact) mass is 352 g/mol. The molecule has 2 aliphatic heterocycles. The van der Waals surface area contributed by atoms with Crippen molar-refractivity contribution in [2.24, 2.45) is 0 Å². The zero-order valence-corrected chi connectivity index (χ0v) is 15.1. The molecule has 2 spiro atoms. The van der Waals surface area contributed by atoms with E-state index in [9.17, 15) is 9.59 Å². The smallest absolute Gasteiger partial charge is 0.178 e. The Balaban J connectivity index is 1.42. The first-order valence-corrected chi connectivity index (χ1v) is 9.38. The number of carbonyl (C=O) groups is 2. The maximum Gasteiger partial charge on any atom is 0.178 e. The van der Waals surface area contributed by atoms with Crippen LogP contribution in [0, 0.1) is 6.92 Å². The van der Waals surface area contributed by atoms with Gasteiger partial charge in [0.1, 0.15) is 5.60 Å². The Morgan fingerprint density at radius 1 is 1.12 bits per heavy atom. The van der Waals surface area contributed by atoms with Gasteiger partial charge in [-0.1, -0.05) is 29.8 Å². The lowest BCUT2D eigenvalue weighted by Crippen LogP contribution is -2.43. The fourth-order valence-corrected chi connectivity index (χ4v) is 4.11. The van der Waals surface area contributed by atoms with E-state index in [4.69, 9.17) is 9.47 Å². The van der Waals surface area contributed by atoms with Crippen molar-refractivity contribution < 1.29 is 19.1 Å². The van der Waals surface area contributed by atoms with Gasteiger partial charge < -0.3 is 9.47 Å². The first-order valence-electron chi connectivity index (χ1n) is 9.38. The second-order valence-electron chi connectivity index (χ2n) is 7.66. The van der Waals surface area contributed by atoms with Gasteiger partial charge >= 0.3 is 0 Å². The molecule has 2 atom stereocenters. The zero-order chi connectivity index (χ0) is 18.2. The molecule has 2 fully saturated rings. The Morgan fingerprint density at radius 2 is 1.85 bits per heavy atom. The summed E-state index contributed by atoms with van der Waals surface area (Å²) < 4.78 is 12.6. The molecule has 1 aliphatic carbocycles. The van der Waals surface area contributed by atoms with E-state index < -0.39 is 11.4 Å². The normalized spacial score (nSPS) is 29.6. The summed E-state index contributed by atoms with van der Waals surface area (Å²) in [6, 6.07) is 7.69. The van der Waals surface area contributed by atoms with Crippen molar-refractivity contribution in [1.29, 1.82) is 0 Å². The summed E-state index contributed by atoms with van der Waals surface area (Å²) in [6.45, 7) is 2.01. The van der Waals surface area contributed by atoms with Crippen LogP contribution in [0.2, 0.25) is 0 Å². The van der Waals surface area contributed by atoms with Crippen molar-refractivity contribution in [3.05, 3.63) is 59.7 Å². The molecular formula is C22H24O4. The van der Waals surface area contributed by atoms with Crippen LogP contribution in [0.4, 0.5) is 0 Å². The third-order valence-corrected chi connectivity index (χ3v) is 5.58. The molecule has 3 aliphatic rings. The predicted molar refractivity (Wildman–Crippen MR) is 97.9 cm³/mol. The van der Waals surface area contributed by atoms with Crippen molar-refractivity contribution in [3.63, 3.8) is 0 Å². The van der Waals surface area contributed by atoms with E-state index in [1.807, 2.05) is 43.3 Å². The number of allylic oxidation sites excluding steroid dienone is 2. The van der Waals surface area contributed by atoms with E-state index in [0.29, 0.717) is 6.42 Å². The molecule has 1 aromatic rings. The quantitative estimate of drug-likeness (QED) is 0.769. The van der Waals surface area contributed by atoms with Gasteiger partial charge in [0.05, 0.1) is 6.10 Å². The number of aryl methyl sites for hydroxylation is 1. The highest BCUT2D eigenvalue weighted by molar-refractivity contribution is 6.00. The number of hydrogen-bond acceptors (Lipinski definition) is 4. The van der Waals surface area contributed by atoms with E-state index in [-0.39, 0.29) is 17.7 Å². The van der Waals surface area contributed by atoms with Gasteiger partial charge in [-0.3, -0.25) is 9.59 Å². The summed E-state index contributed by atoms with van der Waals surface area (Å²) in [5.41, 5.74) is 1.35.